The van der Waals surface area contributed by atoms with E-state index in [0.717, 1.165) is 25.9 Å². The van der Waals surface area contributed by atoms with Gasteiger partial charge in [-0.25, -0.2) is 4.68 Å². The monoisotopic (exact) mass is 300 g/mol. The van der Waals surface area contributed by atoms with E-state index in [0.29, 0.717) is 11.3 Å². The number of hydrogen-bond acceptors (Lipinski definition) is 5. The normalized spacial score (nSPS) is 15.6. The SMILES string of the molecule is O=c1ccc(-c2cccc([N+](=O)[O-])c2)nn1C1CCNCC1. The van der Waals surface area contributed by atoms with E-state index in [9.17, 15) is 14.9 Å². The van der Waals surface area contributed by atoms with Crippen LogP contribution < -0.4 is 10.9 Å². The molecule has 7 nitrogen and oxygen atoms in total. The Morgan fingerprint density at radius 1 is 1.23 bits per heavy atom. The van der Waals surface area contributed by atoms with Crippen LogP contribution in [0.3, 0.4) is 0 Å². The van der Waals surface area contributed by atoms with Gasteiger partial charge < -0.3 is 5.32 Å². The summed E-state index contributed by atoms with van der Waals surface area (Å²) in [4.78, 5) is 22.5. The molecule has 1 aliphatic rings. The number of piperidine rings is 1. The van der Waals surface area contributed by atoms with Crippen LogP contribution in [0.25, 0.3) is 11.3 Å². The molecule has 114 valence electrons. The molecule has 1 fully saturated rings. The standard InChI is InChI=1S/C15H16N4O3/c20-15-5-4-14(11-2-1-3-13(10-11)19(21)22)17-18(15)12-6-8-16-9-7-12/h1-5,10,12,16H,6-9H2. The fraction of sp³-hybridized carbons (Fsp3) is 0.333. The first-order valence-electron chi connectivity index (χ1n) is 7.20. The zero-order valence-electron chi connectivity index (χ0n) is 11.9. The minimum absolute atomic E-state index is 0.0129. The lowest BCUT2D eigenvalue weighted by Crippen LogP contribution is -2.35. The van der Waals surface area contributed by atoms with Crippen molar-refractivity contribution in [1.82, 2.24) is 15.1 Å². The van der Waals surface area contributed by atoms with E-state index in [1.54, 1.807) is 18.2 Å². The van der Waals surface area contributed by atoms with Crippen LogP contribution in [-0.2, 0) is 0 Å². The second-order valence-corrected chi connectivity index (χ2v) is 5.29. The molecule has 0 amide bonds. The van der Waals surface area contributed by atoms with E-state index < -0.39 is 4.92 Å². The average Bonchev–Trinajstić information content (AvgIpc) is 2.56. The van der Waals surface area contributed by atoms with E-state index >= 15 is 0 Å². The Balaban J connectivity index is 1.99. The van der Waals surface area contributed by atoms with Crippen LogP contribution in [0.15, 0.2) is 41.2 Å². The van der Waals surface area contributed by atoms with Gasteiger partial charge in [0.2, 0.25) is 0 Å². The Kier molecular flexibility index (Phi) is 3.97. The van der Waals surface area contributed by atoms with Crippen molar-refractivity contribution in [1.29, 1.82) is 0 Å². The van der Waals surface area contributed by atoms with E-state index in [-0.39, 0.29) is 17.3 Å². The van der Waals surface area contributed by atoms with Gasteiger partial charge >= 0.3 is 0 Å². The third-order valence-electron chi connectivity index (χ3n) is 3.83. The Hall–Kier alpha value is -2.54. The predicted molar refractivity (Wildman–Crippen MR) is 81.7 cm³/mol. The summed E-state index contributed by atoms with van der Waals surface area (Å²) in [6.45, 7) is 1.72. The molecular weight excluding hydrogens is 284 g/mol. The van der Waals surface area contributed by atoms with Gasteiger partial charge in [0.1, 0.15) is 0 Å². The van der Waals surface area contributed by atoms with Crippen LogP contribution in [0.4, 0.5) is 5.69 Å². The number of nitro groups is 1. The van der Waals surface area contributed by atoms with E-state index in [4.69, 9.17) is 0 Å². The Morgan fingerprint density at radius 3 is 2.73 bits per heavy atom. The summed E-state index contributed by atoms with van der Waals surface area (Å²) in [5.74, 6) is 0. The third-order valence-corrected chi connectivity index (χ3v) is 3.83. The first kappa shape index (κ1) is 14.4. The molecule has 0 bridgehead atoms. The molecule has 1 saturated heterocycles. The zero-order valence-corrected chi connectivity index (χ0v) is 11.9. The number of nitrogens with one attached hydrogen (secondary N) is 1. The first-order chi connectivity index (χ1) is 10.6. The Morgan fingerprint density at radius 2 is 2.00 bits per heavy atom. The maximum absolute atomic E-state index is 12.0. The number of aromatic nitrogens is 2. The second-order valence-electron chi connectivity index (χ2n) is 5.29. The smallest absolute Gasteiger partial charge is 0.270 e. The molecule has 1 aliphatic heterocycles. The molecule has 0 atom stereocenters. The van der Waals surface area contributed by atoms with Crippen molar-refractivity contribution in [2.24, 2.45) is 0 Å². The summed E-state index contributed by atoms with van der Waals surface area (Å²) in [5.41, 5.74) is 1.08. The van der Waals surface area contributed by atoms with Gasteiger partial charge in [-0.15, -0.1) is 0 Å². The second kappa shape index (κ2) is 6.07. The van der Waals surface area contributed by atoms with Crippen molar-refractivity contribution in [3.05, 3.63) is 56.9 Å². The molecule has 0 aliphatic carbocycles. The largest absolute Gasteiger partial charge is 0.317 e. The van der Waals surface area contributed by atoms with Crippen molar-refractivity contribution in [3.8, 4) is 11.3 Å². The van der Waals surface area contributed by atoms with E-state index in [1.165, 1.54) is 22.9 Å². The summed E-state index contributed by atoms with van der Waals surface area (Å²) < 4.78 is 1.51. The molecule has 1 N–H and O–H groups in total. The average molecular weight is 300 g/mol. The van der Waals surface area contributed by atoms with Crippen LogP contribution in [0.1, 0.15) is 18.9 Å². The third kappa shape index (κ3) is 2.89. The highest BCUT2D eigenvalue weighted by molar-refractivity contribution is 5.61. The van der Waals surface area contributed by atoms with Crippen molar-refractivity contribution in [2.45, 2.75) is 18.9 Å². The number of hydrogen-bond donors (Lipinski definition) is 1. The lowest BCUT2D eigenvalue weighted by molar-refractivity contribution is -0.384. The van der Waals surface area contributed by atoms with Gasteiger partial charge in [0.15, 0.2) is 0 Å². The molecule has 2 aromatic rings. The highest BCUT2D eigenvalue weighted by Gasteiger charge is 2.18. The number of nitro benzene ring substituents is 1. The molecule has 3 rings (SSSR count). The fourth-order valence-electron chi connectivity index (χ4n) is 2.67. The van der Waals surface area contributed by atoms with Crippen LogP contribution in [0.2, 0.25) is 0 Å². The van der Waals surface area contributed by atoms with Crippen LogP contribution in [0, 0.1) is 10.1 Å². The van der Waals surface area contributed by atoms with Gasteiger partial charge in [0.05, 0.1) is 16.7 Å². The summed E-state index contributed by atoms with van der Waals surface area (Å²) in [7, 11) is 0. The highest BCUT2D eigenvalue weighted by atomic mass is 16.6. The maximum atomic E-state index is 12.0. The number of nitrogens with zero attached hydrogens (tertiary/aromatic N) is 3. The van der Waals surface area contributed by atoms with E-state index in [1.807, 2.05) is 0 Å². The molecule has 1 aromatic heterocycles. The van der Waals surface area contributed by atoms with Crippen molar-refractivity contribution in [3.63, 3.8) is 0 Å². The molecular formula is C15H16N4O3. The summed E-state index contributed by atoms with van der Waals surface area (Å²) >= 11 is 0. The van der Waals surface area contributed by atoms with Crippen molar-refractivity contribution >= 4 is 5.69 Å². The maximum Gasteiger partial charge on any atom is 0.270 e. The molecule has 22 heavy (non-hydrogen) atoms. The van der Waals surface area contributed by atoms with Crippen LogP contribution >= 0.6 is 0 Å². The van der Waals surface area contributed by atoms with Gasteiger partial charge in [-0.05, 0) is 32.0 Å². The van der Waals surface area contributed by atoms with E-state index in [2.05, 4.69) is 10.4 Å². The van der Waals surface area contributed by atoms with Gasteiger partial charge in [-0.3, -0.25) is 14.9 Å². The van der Waals surface area contributed by atoms with Crippen molar-refractivity contribution < 1.29 is 4.92 Å². The van der Waals surface area contributed by atoms with Gasteiger partial charge in [0.25, 0.3) is 11.2 Å². The molecule has 7 heteroatoms. The molecule has 0 saturated carbocycles. The number of rotatable bonds is 3. The van der Waals surface area contributed by atoms with Crippen LogP contribution in [-0.4, -0.2) is 27.8 Å². The minimum Gasteiger partial charge on any atom is -0.317 e. The Bertz CT molecular complexity index is 750. The zero-order chi connectivity index (χ0) is 15.5. The number of benzene rings is 1. The summed E-state index contributed by atoms with van der Waals surface area (Å²) in [5, 5.41) is 18.5. The summed E-state index contributed by atoms with van der Waals surface area (Å²) in [6, 6.07) is 9.45. The fourth-order valence-corrected chi connectivity index (χ4v) is 2.67. The first-order valence-corrected chi connectivity index (χ1v) is 7.20. The van der Waals surface area contributed by atoms with Gasteiger partial charge in [-0.2, -0.15) is 5.10 Å². The molecule has 0 spiro atoms. The van der Waals surface area contributed by atoms with Gasteiger partial charge in [0, 0.05) is 23.8 Å². The number of non-ortho nitro benzene ring substituents is 1. The quantitative estimate of drug-likeness (QED) is 0.689. The molecule has 0 radical (unpaired) electrons. The minimum atomic E-state index is -0.438. The lowest BCUT2D eigenvalue weighted by atomic mass is 10.1. The Labute approximate surface area is 126 Å². The van der Waals surface area contributed by atoms with Crippen molar-refractivity contribution in [2.75, 3.05) is 13.1 Å². The predicted octanol–water partition coefficient (Wildman–Crippen LogP) is 1.74. The molecule has 1 aromatic carbocycles. The molecule has 0 unspecified atom stereocenters. The summed E-state index contributed by atoms with van der Waals surface area (Å²) in [6.07, 6.45) is 1.70. The topological polar surface area (TPSA) is 90.1 Å². The van der Waals surface area contributed by atoms with Gasteiger partial charge in [-0.1, -0.05) is 12.1 Å². The highest BCUT2D eigenvalue weighted by Crippen LogP contribution is 2.22. The van der Waals surface area contributed by atoms with Crippen LogP contribution in [0.5, 0.6) is 0 Å². The lowest BCUT2D eigenvalue weighted by Gasteiger charge is -2.23. The molecule has 2 heterocycles.